The smallest absolute Gasteiger partial charge is 0.326 e. The van der Waals surface area contributed by atoms with E-state index in [0.29, 0.717) is 28.1 Å². The number of hydrogen-bond acceptors (Lipinski definition) is 4. The standard InChI is InChI=1S/C28H29N3O4/c1-7-19-15-24(27(33)31(5)25(19)14-17(2)3)23-16-21(11-8-18(23)4)29-28(34)30-26(32)20-9-12-22(35-6)13-10-20/h7-16H,2H2,1,3-6H3,(H2,29,30,32,34)/b19-7-,25-14+. The van der Waals surface area contributed by atoms with Crippen LogP contribution in [0.4, 0.5) is 10.5 Å². The van der Waals surface area contributed by atoms with Gasteiger partial charge in [-0.3, -0.25) is 14.9 Å². The molecular weight excluding hydrogens is 442 g/mol. The highest BCUT2D eigenvalue weighted by Crippen LogP contribution is 2.23. The van der Waals surface area contributed by atoms with Gasteiger partial charge in [0.1, 0.15) is 5.75 Å². The lowest BCUT2D eigenvalue weighted by Gasteiger charge is -2.12. The summed E-state index contributed by atoms with van der Waals surface area (Å²) in [5.74, 6) is 0.0672. The van der Waals surface area contributed by atoms with E-state index in [1.807, 2.05) is 45.1 Å². The number of urea groups is 1. The summed E-state index contributed by atoms with van der Waals surface area (Å²) >= 11 is 0. The van der Waals surface area contributed by atoms with Crippen LogP contribution in [0.15, 0.2) is 65.5 Å². The summed E-state index contributed by atoms with van der Waals surface area (Å²) in [5.41, 5.74) is 3.53. The Morgan fingerprint density at radius 1 is 1.06 bits per heavy atom. The van der Waals surface area contributed by atoms with Crippen LogP contribution in [0.1, 0.15) is 29.8 Å². The number of amides is 3. The fourth-order valence-electron chi connectivity index (χ4n) is 3.68. The number of methoxy groups -OCH3 is 1. The molecule has 0 aliphatic carbocycles. The van der Waals surface area contributed by atoms with Crippen LogP contribution in [-0.4, -0.2) is 23.6 Å². The van der Waals surface area contributed by atoms with Gasteiger partial charge in [0.25, 0.3) is 11.5 Å². The third kappa shape index (κ3) is 5.76. The first-order valence-electron chi connectivity index (χ1n) is 11.1. The van der Waals surface area contributed by atoms with Gasteiger partial charge in [0.2, 0.25) is 0 Å². The maximum Gasteiger partial charge on any atom is 0.326 e. The molecule has 0 unspecified atom stereocenters. The molecule has 180 valence electrons. The average molecular weight is 472 g/mol. The van der Waals surface area contributed by atoms with E-state index in [1.165, 1.54) is 7.11 Å². The fourth-order valence-corrected chi connectivity index (χ4v) is 3.68. The number of carbonyl (C=O) groups excluding carboxylic acids is 2. The SMILES string of the molecule is C=C(C)/C=c1\c(=C/C)cc(-c2cc(NC(=O)NC(=O)c3ccc(OC)cc3)ccc2C)c(=O)n1C. The number of carbonyl (C=O) groups is 2. The predicted octanol–water partition coefficient (Wildman–Crippen LogP) is 3.49. The molecule has 0 fully saturated rings. The number of aromatic nitrogens is 1. The monoisotopic (exact) mass is 471 g/mol. The molecule has 1 heterocycles. The van der Waals surface area contributed by atoms with E-state index in [2.05, 4.69) is 17.2 Å². The Morgan fingerprint density at radius 3 is 2.34 bits per heavy atom. The summed E-state index contributed by atoms with van der Waals surface area (Å²) in [5, 5.41) is 6.65. The van der Waals surface area contributed by atoms with Gasteiger partial charge >= 0.3 is 6.03 Å². The number of anilines is 1. The fraction of sp³-hybridized carbons (Fsp3) is 0.179. The largest absolute Gasteiger partial charge is 0.497 e. The molecule has 3 amide bonds. The van der Waals surface area contributed by atoms with Gasteiger partial charge in [-0.15, -0.1) is 0 Å². The van der Waals surface area contributed by atoms with Crippen LogP contribution in [0.5, 0.6) is 5.75 Å². The molecule has 0 atom stereocenters. The minimum absolute atomic E-state index is 0.164. The Bertz CT molecular complexity index is 1480. The van der Waals surface area contributed by atoms with E-state index in [0.717, 1.165) is 21.7 Å². The van der Waals surface area contributed by atoms with Gasteiger partial charge in [0.05, 0.1) is 12.5 Å². The number of rotatable bonds is 5. The molecule has 7 heteroatoms. The highest BCUT2D eigenvalue weighted by atomic mass is 16.5. The lowest BCUT2D eigenvalue weighted by atomic mass is 10.00. The van der Waals surface area contributed by atoms with Crippen LogP contribution in [0.25, 0.3) is 23.3 Å². The van der Waals surface area contributed by atoms with Crippen molar-refractivity contribution in [2.24, 2.45) is 7.05 Å². The van der Waals surface area contributed by atoms with Crippen molar-refractivity contribution in [1.82, 2.24) is 9.88 Å². The summed E-state index contributed by atoms with van der Waals surface area (Å²) in [6.45, 7) is 9.60. The second kappa shape index (κ2) is 10.7. The predicted molar refractivity (Wildman–Crippen MR) is 140 cm³/mol. The van der Waals surface area contributed by atoms with Gasteiger partial charge in [-0.1, -0.05) is 24.3 Å². The van der Waals surface area contributed by atoms with Crippen molar-refractivity contribution in [3.8, 4) is 16.9 Å². The third-order valence-corrected chi connectivity index (χ3v) is 5.55. The highest BCUT2D eigenvalue weighted by Gasteiger charge is 2.14. The Balaban J connectivity index is 1.91. The normalized spacial score (nSPS) is 11.8. The molecule has 3 rings (SSSR count). The quantitative estimate of drug-likeness (QED) is 0.596. The van der Waals surface area contributed by atoms with E-state index in [9.17, 15) is 14.4 Å². The summed E-state index contributed by atoms with van der Waals surface area (Å²) in [4.78, 5) is 38.1. The molecule has 35 heavy (non-hydrogen) atoms. The molecule has 7 nitrogen and oxygen atoms in total. The number of pyridine rings is 1. The molecular formula is C28H29N3O4. The molecule has 2 aromatic carbocycles. The van der Waals surface area contributed by atoms with Crippen LogP contribution in [-0.2, 0) is 7.05 Å². The molecule has 0 spiro atoms. The van der Waals surface area contributed by atoms with Crippen LogP contribution in [0.3, 0.4) is 0 Å². The van der Waals surface area contributed by atoms with Crippen molar-refractivity contribution >= 4 is 29.8 Å². The van der Waals surface area contributed by atoms with E-state index >= 15 is 0 Å². The number of nitrogens with one attached hydrogen (secondary N) is 2. The molecule has 0 saturated heterocycles. The van der Waals surface area contributed by atoms with E-state index in [-0.39, 0.29) is 5.56 Å². The van der Waals surface area contributed by atoms with Crippen molar-refractivity contribution in [3.63, 3.8) is 0 Å². The maximum atomic E-state index is 13.2. The molecule has 2 N–H and O–H groups in total. The van der Waals surface area contributed by atoms with Crippen LogP contribution >= 0.6 is 0 Å². The number of nitrogens with zero attached hydrogens (tertiary/aromatic N) is 1. The third-order valence-electron chi connectivity index (χ3n) is 5.55. The van der Waals surface area contributed by atoms with E-state index in [1.54, 1.807) is 48.0 Å². The number of hydrogen-bond donors (Lipinski definition) is 2. The first kappa shape index (κ1) is 25.2. The highest BCUT2D eigenvalue weighted by molar-refractivity contribution is 6.08. The zero-order chi connectivity index (χ0) is 25.7. The molecule has 0 saturated carbocycles. The first-order valence-corrected chi connectivity index (χ1v) is 11.1. The number of ether oxygens (including phenoxy) is 1. The Labute approximate surface area is 204 Å². The molecule has 0 bridgehead atoms. The number of allylic oxidation sites excluding steroid dienone is 1. The maximum absolute atomic E-state index is 13.2. The number of imide groups is 1. The minimum Gasteiger partial charge on any atom is -0.497 e. The molecule has 1 aromatic heterocycles. The molecule has 0 aliphatic rings. The Morgan fingerprint density at radius 2 is 1.74 bits per heavy atom. The van der Waals surface area contributed by atoms with Crippen molar-refractivity contribution < 1.29 is 14.3 Å². The van der Waals surface area contributed by atoms with Crippen LogP contribution in [0, 0.1) is 6.92 Å². The lowest BCUT2D eigenvalue weighted by molar-refractivity contribution is 0.0967. The van der Waals surface area contributed by atoms with Crippen LogP contribution in [0.2, 0.25) is 0 Å². The summed E-state index contributed by atoms with van der Waals surface area (Å²) in [6.07, 6.45) is 3.81. The van der Waals surface area contributed by atoms with Gasteiger partial charge in [-0.05, 0) is 85.7 Å². The number of aryl methyl sites for hydroxylation is 1. The minimum atomic E-state index is -0.678. The van der Waals surface area contributed by atoms with Gasteiger partial charge in [-0.2, -0.15) is 0 Å². The molecule has 0 radical (unpaired) electrons. The molecule has 3 aromatic rings. The second-order valence-corrected chi connectivity index (χ2v) is 8.21. The van der Waals surface area contributed by atoms with Crippen LogP contribution < -0.4 is 31.5 Å². The topological polar surface area (TPSA) is 89.4 Å². The zero-order valence-corrected chi connectivity index (χ0v) is 20.6. The van der Waals surface area contributed by atoms with E-state index in [4.69, 9.17) is 4.74 Å². The second-order valence-electron chi connectivity index (χ2n) is 8.21. The Kier molecular flexibility index (Phi) is 7.71. The first-order chi connectivity index (χ1) is 16.6. The lowest BCUT2D eigenvalue weighted by Crippen LogP contribution is -2.42. The van der Waals surface area contributed by atoms with Crippen molar-refractivity contribution in [3.05, 3.63) is 92.7 Å². The van der Waals surface area contributed by atoms with Gasteiger partial charge in [0.15, 0.2) is 0 Å². The summed E-state index contributed by atoms with van der Waals surface area (Å²) in [6, 6.07) is 12.8. The Hall–Kier alpha value is -4.39. The molecule has 0 aliphatic heterocycles. The summed E-state index contributed by atoms with van der Waals surface area (Å²) < 4.78 is 6.67. The van der Waals surface area contributed by atoms with Gasteiger partial charge < -0.3 is 14.6 Å². The van der Waals surface area contributed by atoms with Crippen molar-refractivity contribution in [2.75, 3.05) is 12.4 Å². The van der Waals surface area contributed by atoms with Crippen molar-refractivity contribution in [1.29, 1.82) is 0 Å². The number of benzene rings is 2. The zero-order valence-electron chi connectivity index (χ0n) is 20.6. The van der Waals surface area contributed by atoms with E-state index < -0.39 is 11.9 Å². The van der Waals surface area contributed by atoms with Gasteiger partial charge in [-0.25, -0.2) is 4.79 Å². The van der Waals surface area contributed by atoms with Gasteiger partial charge in [0, 0.05) is 23.9 Å². The average Bonchev–Trinajstić information content (AvgIpc) is 2.83. The van der Waals surface area contributed by atoms with Crippen molar-refractivity contribution in [2.45, 2.75) is 20.8 Å². The summed E-state index contributed by atoms with van der Waals surface area (Å²) in [7, 11) is 3.26.